The van der Waals surface area contributed by atoms with Gasteiger partial charge >= 0.3 is 6.03 Å². The van der Waals surface area contributed by atoms with Gasteiger partial charge in [-0.1, -0.05) is 5.16 Å². The van der Waals surface area contributed by atoms with Crippen molar-refractivity contribution in [1.29, 1.82) is 0 Å². The summed E-state index contributed by atoms with van der Waals surface area (Å²) in [7, 11) is 0. The maximum Gasteiger partial charge on any atom is 0.324 e. The lowest BCUT2D eigenvalue weighted by molar-refractivity contribution is -0.136. The molecule has 10 heteroatoms. The first-order valence-electron chi connectivity index (χ1n) is 8.34. The highest BCUT2D eigenvalue weighted by atomic mass is 16.5. The Bertz CT molecular complexity index is 824. The van der Waals surface area contributed by atoms with Gasteiger partial charge in [-0.25, -0.2) is 4.79 Å². The molecule has 2 fully saturated rings. The van der Waals surface area contributed by atoms with Crippen molar-refractivity contribution in [2.45, 2.75) is 18.8 Å². The minimum atomic E-state index is -0.438. The van der Waals surface area contributed by atoms with Gasteiger partial charge in [0, 0.05) is 39.0 Å². The second kappa shape index (κ2) is 6.62. The molecule has 4 rings (SSSR count). The summed E-state index contributed by atoms with van der Waals surface area (Å²) < 4.78 is 10.5. The number of hydrogen-bond acceptors (Lipinski definition) is 7. The topological polar surface area (TPSA) is 122 Å². The van der Waals surface area contributed by atoms with Gasteiger partial charge in [-0.2, -0.15) is 4.98 Å². The van der Waals surface area contributed by atoms with E-state index in [-0.39, 0.29) is 30.6 Å². The number of rotatable bonds is 5. The second-order valence-electron chi connectivity index (χ2n) is 6.27. The lowest BCUT2D eigenvalue weighted by atomic mass is 9.99. The van der Waals surface area contributed by atoms with Crippen molar-refractivity contribution in [1.82, 2.24) is 25.3 Å². The van der Waals surface area contributed by atoms with Crippen molar-refractivity contribution in [2.75, 3.05) is 26.2 Å². The van der Waals surface area contributed by atoms with Crippen LogP contribution in [0.1, 0.15) is 24.7 Å². The smallest absolute Gasteiger partial charge is 0.324 e. The normalized spacial score (nSPS) is 18.0. The van der Waals surface area contributed by atoms with Crippen LogP contribution in [-0.4, -0.2) is 64.0 Å². The molecule has 136 valence electrons. The Morgan fingerprint density at radius 2 is 2.19 bits per heavy atom. The number of hydrogen-bond donors (Lipinski definition) is 1. The fourth-order valence-electron chi connectivity index (χ4n) is 2.95. The minimum Gasteiger partial charge on any atom is -0.461 e. The molecule has 2 aliphatic rings. The molecule has 0 bridgehead atoms. The zero-order valence-electron chi connectivity index (χ0n) is 13.9. The molecular formula is C16H17N5O5. The van der Waals surface area contributed by atoms with Crippen LogP contribution in [-0.2, 0) is 9.59 Å². The molecule has 26 heavy (non-hydrogen) atoms. The fraction of sp³-hybridized carbons (Fsp3) is 0.438. The van der Waals surface area contributed by atoms with E-state index in [1.54, 1.807) is 17.0 Å². The van der Waals surface area contributed by atoms with E-state index in [0.29, 0.717) is 43.7 Å². The molecule has 2 saturated heterocycles. The monoisotopic (exact) mass is 359 g/mol. The molecule has 2 aromatic rings. The maximum absolute atomic E-state index is 12.2. The Hall–Kier alpha value is -3.17. The third-order valence-corrected chi connectivity index (χ3v) is 4.50. The standard InChI is InChI=1S/C16H17N5O5/c22-12-3-5-20(16(24)17-12)6-4-13(23)21-8-10(9-21)15-18-14(19-26-15)11-2-1-7-25-11/h1-2,7,10H,3-6,8-9H2,(H,17,22,24). The van der Waals surface area contributed by atoms with Crippen molar-refractivity contribution >= 4 is 17.8 Å². The molecule has 0 aliphatic carbocycles. The van der Waals surface area contributed by atoms with Gasteiger partial charge in [-0.3, -0.25) is 14.9 Å². The molecule has 0 atom stereocenters. The van der Waals surface area contributed by atoms with Gasteiger partial charge in [0.25, 0.3) is 0 Å². The van der Waals surface area contributed by atoms with E-state index in [9.17, 15) is 14.4 Å². The van der Waals surface area contributed by atoms with Gasteiger partial charge in [0.05, 0.1) is 12.2 Å². The molecule has 0 spiro atoms. The van der Waals surface area contributed by atoms with Crippen molar-refractivity contribution in [3.8, 4) is 11.6 Å². The molecule has 10 nitrogen and oxygen atoms in total. The van der Waals surface area contributed by atoms with Gasteiger partial charge in [0.1, 0.15) is 0 Å². The molecule has 2 aromatic heterocycles. The lowest BCUT2D eigenvalue weighted by Crippen LogP contribution is -2.52. The Balaban J connectivity index is 1.25. The van der Waals surface area contributed by atoms with E-state index < -0.39 is 6.03 Å². The van der Waals surface area contributed by atoms with E-state index in [1.807, 2.05) is 0 Å². The van der Waals surface area contributed by atoms with Crippen LogP contribution >= 0.6 is 0 Å². The first kappa shape index (κ1) is 16.3. The van der Waals surface area contributed by atoms with Gasteiger partial charge < -0.3 is 18.7 Å². The Morgan fingerprint density at radius 1 is 1.35 bits per heavy atom. The summed E-state index contributed by atoms with van der Waals surface area (Å²) in [5.74, 6) is 1.08. The lowest BCUT2D eigenvalue weighted by Gasteiger charge is -2.37. The maximum atomic E-state index is 12.2. The van der Waals surface area contributed by atoms with Crippen molar-refractivity contribution in [2.24, 2.45) is 0 Å². The van der Waals surface area contributed by atoms with Crippen LogP contribution in [0.2, 0.25) is 0 Å². The molecule has 2 aliphatic heterocycles. The Labute approximate surface area is 148 Å². The van der Waals surface area contributed by atoms with E-state index in [0.717, 1.165) is 0 Å². The van der Waals surface area contributed by atoms with Crippen LogP contribution in [0.25, 0.3) is 11.6 Å². The molecular weight excluding hydrogens is 342 g/mol. The largest absolute Gasteiger partial charge is 0.461 e. The third kappa shape index (κ3) is 3.17. The van der Waals surface area contributed by atoms with Crippen LogP contribution < -0.4 is 5.32 Å². The SMILES string of the molecule is O=C1CCN(CCC(=O)N2CC(c3nc(-c4ccco4)no3)C2)C(=O)N1. The van der Waals surface area contributed by atoms with Crippen LogP contribution in [0, 0.1) is 0 Å². The molecule has 4 heterocycles. The predicted octanol–water partition coefficient (Wildman–Crippen LogP) is 0.587. The highest BCUT2D eigenvalue weighted by Gasteiger charge is 2.36. The predicted molar refractivity (Wildman–Crippen MR) is 85.7 cm³/mol. The van der Waals surface area contributed by atoms with E-state index in [1.165, 1.54) is 11.2 Å². The number of aromatic nitrogens is 2. The second-order valence-corrected chi connectivity index (χ2v) is 6.27. The van der Waals surface area contributed by atoms with Gasteiger partial charge in [0.2, 0.25) is 23.5 Å². The van der Waals surface area contributed by atoms with E-state index in [4.69, 9.17) is 8.94 Å². The number of furan rings is 1. The Morgan fingerprint density at radius 3 is 2.92 bits per heavy atom. The third-order valence-electron chi connectivity index (χ3n) is 4.50. The first-order chi connectivity index (χ1) is 12.6. The Kier molecular flexibility index (Phi) is 4.15. The molecule has 0 saturated carbocycles. The molecule has 0 aromatic carbocycles. The van der Waals surface area contributed by atoms with Crippen LogP contribution in [0.15, 0.2) is 27.3 Å². The van der Waals surface area contributed by atoms with Crippen LogP contribution in [0.4, 0.5) is 4.79 Å². The summed E-state index contributed by atoms with van der Waals surface area (Å²) >= 11 is 0. The number of imide groups is 1. The van der Waals surface area contributed by atoms with E-state index in [2.05, 4.69) is 15.5 Å². The van der Waals surface area contributed by atoms with Gasteiger partial charge in [0.15, 0.2) is 5.76 Å². The number of nitrogens with one attached hydrogen (secondary N) is 1. The highest BCUT2D eigenvalue weighted by Crippen LogP contribution is 2.28. The average molecular weight is 359 g/mol. The molecule has 0 unspecified atom stereocenters. The summed E-state index contributed by atoms with van der Waals surface area (Å²) in [6.07, 6.45) is 2.02. The zero-order valence-corrected chi connectivity index (χ0v) is 13.9. The summed E-state index contributed by atoms with van der Waals surface area (Å²) in [4.78, 5) is 42.4. The summed E-state index contributed by atoms with van der Waals surface area (Å²) in [6, 6.07) is 3.05. The van der Waals surface area contributed by atoms with Gasteiger partial charge in [-0.05, 0) is 12.1 Å². The summed E-state index contributed by atoms with van der Waals surface area (Å²) in [5.41, 5.74) is 0. The minimum absolute atomic E-state index is 0.00562. The average Bonchev–Trinajstić information content (AvgIpc) is 3.24. The number of carbonyl (C=O) groups is 3. The molecule has 4 amide bonds. The van der Waals surface area contributed by atoms with Crippen molar-refractivity contribution < 1.29 is 23.3 Å². The highest BCUT2D eigenvalue weighted by molar-refractivity contribution is 5.96. The number of likely N-dealkylation sites (tertiary alicyclic amines) is 1. The fourth-order valence-corrected chi connectivity index (χ4v) is 2.95. The van der Waals surface area contributed by atoms with Crippen LogP contribution in [0.5, 0.6) is 0 Å². The first-order valence-corrected chi connectivity index (χ1v) is 8.34. The number of carbonyl (C=O) groups excluding carboxylic acids is 3. The van der Waals surface area contributed by atoms with Crippen LogP contribution in [0.3, 0.4) is 0 Å². The summed E-state index contributed by atoms with van der Waals surface area (Å²) in [6.45, 7) is 1.65. The quantitative estimate of drug-likeness (QED) is 0.829. The van der Waals surface area contributed by atoms with Crippen molar-refractivity contribution in [3.05, 3.63) is 24.3 Å². The summed E-state index contributed by atoms with van der Waals surface area (Å²) in [5, 5.41) is 6.12. The molecule has 0 radical (unpaired) electrons. The van der Waals surface area contributed by atoms with Gasteiger partial charge in [-0.15, -0.1) is 0 Å². The molecule has 1 N–H and O–H groups in total. The number of urea groups is 1. The number of amides is 4. The zero-order chi connectivity index (χ0) is 18.1. The number of nitrogens with zero attached hydrogens (tertiary/aromatic N) is 4. The van der Waals surface area contributed by atoms with Crippen molar-refractivity contribution in [3.63, 3.8) is 0 Å². The van der Waals surface area contributed by atoms with E-state index >= 15 is 0 Å².